The number of amides is 2. The van der Waals surface area contributed by atoms with Crippen LogP contribution in [-0.4, -0.2) is 38.8 Å². The summed E-state index contributed by atoms with van der Waals surface area (Å²) in [5.41, 5.74) is 0.835. The Morgan fingerprint density at radius 1 is 1.33 bits per heavy atom. The van der Waals surface area contributed by atoms with Gasteiger partial charge in [-0.15, -0.1) is 10.2 Å². The maximum Gasteiger partial charge on any atom is 0.231 e. The van der Waals surface area contributed by atoms with Crippen LogP contribution in [0.15, 0.2) is 22.7 Å². The first-order valence-electron chi connectivity index (χ1n) is 8.67. The van der Waals surface area contributed by atoms with Crippen molar-refractivity contribution in [2.75, 3.05) is 16.8 Å². The molecular weight excluding hydrogens is 432 g/mol. The van der Waals surface area contributed by atoms with E-state index < -0.39 is 5.92 Å². The zero-order valence-corrected chi connectivity index (χ0v) is 16.5. The Morgan fingerprint density at radius 2 is 2.19 bits per heavy atom. The van der Waals surface area contributed by atoms with Gasteiger partial charge in [-0.2, -0.15) is 5.10 Å². The summed E-state index contributed by atoms with van der Waals surface area (Å²) in [7, 11) is 0. The first-order valence-corrected chi connectivity index (χ1v) is 10.3. The van der Waals surface area contributed by atoms with Crippen LogP contribution < -0.4 is 10.2 Å². The normalized spacial score (nSPS) is 19.8. The minimum Gasteiger partial charge on any atom is -0.300 e. The van der Waals surface area contributed by atoms with Crippen molar-refractivity contribution in [2.24, 2.45) is 5.92 Å². The molecule has 2 aliphatic rings. The Kier molecular flexibility index (Phi) is 3.97. The van der Waals surface area contributed by atoms with Crippen LogP contribution in [0.4, 0.5) is 10.9 Å². The number of nitrogens with one attached hydrogen (secondary N) is 2. The van der Waals surface area contributed by atoms with Crippen molar-refractivity contribution >= 4 is 60.9 Å². The Bertz CT molecular complexity index is 1060. The van der Waals surface area contributed by atoms with Gasteiger partial charge in [0.1, 0.15) is 5.01 Å². The van der Waals surface area contributed by atoms with Crippen molar-refractivity contribution in [3.63, 3.8) is 0 Å². The molecule has 3 aromatic rings. The smallest absolute Gasteiger partial charge is 0.231 e. The van der Waals surface area contributed by atoms with Crippen LogP contribution >= 0.6 is 27.3 Å². The minimum absolute atomic E-state index is 0.109. The number of fused-ring (bicyclic) bond motifs is 1. The van der Waals surface area contributed by atoms with Gasteiger partial charge in [-0.1, -0.05) is 27.3 Å². The lowest BCUT2D eigenvalue weighted by Crippen LogP contribution is -2.28. The second kappa shape index (κ2) is 6.38. The van der Waals surface area contributed by atoms with E-state index in [1.165, 1.54) is 11.3 Å². The average Bonchev–Trinajstić information content (AvgIpc) is 3.07. The second-order valence-corrected chi connectivity index (χ2v) is 8.78. The van der Waals surface area contributed by atoms with Crippen LogP contribution in [0.1, 0.15) is 30.2 Å². The van der Waals surface area contributed by atoms with Gasteiger partial charge in [-0.3, -0.25) is 19.6 Å². The molecule has 1 saturated carbocycles. The summed E-state index contributed by atoms with van der Waals surface area (Å²) in [6, 6.07) is 5.71. The molecule has 0 radical (unpaired) electrons. The van der Waals surface area contributed by atoms with Gasteiger partial charge in [0.15, 0.2) is 5.82 Å². The number of benzene rings is 1. The number of nitrogens with zero attached hydrogens (tertiary/aromatic N) is 4. The van der Waals surface area contributed by atoms with Gasteiger partial charge >= 0.3 is 0 Å². The van der Waals surface area contributed by atoms with Gasteiger partial charge in [-0.05, 0) is 31.0 Å². The van der Waals surface area contributed by atoms with E-state index in [1.54, 1.807) is 4.90 Å². The van der Waals surface area contributed by atoms with Crippen LogP contribution in [-0.2, 0) is 9.59 Å². The zero-order chi connectivity index (χ0) is 18.5. The van der Waals surface area contributed by atoms with E-state index >= 15 is 0 Å². The number of halogens is 1. The van der Waals surface area contributed by atoms with Crippen molar-refractivity contribution in [3.05, 3.63) is 27.7 Å². The molecule has 1 aromatic carbocycles. The molecule has 27 heavy (non-hydrogen) atoms. The van der Waals surface area contributed by atoms with Gasteiger partial charge < -0.3 is 5.32 Å². The number of carbonyl (C=O) groups excluding carboxylic acids is 2. The molecule has 1 saturated heterocycles. The third-order valence-corrected chi connectivity index (χ3v) is 6.35. The Morgan fingerprint density at radius 3 is 3.00 bits per heavy atom. The molecule has 0 spiro atoms. The van der Waals surface area contributed by atoms with Gasteiger partial charge in [0.2, 0.25) is 16.9 Å². The third-order valence-electron chi connectivity index (χ3n) is 4.85. The van der Waals surface area contributed by atoms with Crippen molar-refractivity contribution in [3.8, 4) is 0 Å². The summed E-state index contributed by atoms with van der Waals surface area (Å²) in [4.78, 5) is 26.7. The topological polar surface area (TPSA) is 104 Å². The van der Waals surface area contributed by atoms with E-state index in [0.29, 0.717) is 23.4 Å². The van der Waals surface area contributed by atoms with Crippen molar-refractivity contribution in [2.45, 2.75) is 25.2 Å². The van der Waals surface area contributed by atoms with Crippen LogP contribution in [0.3, 0.4) is 0 Å². The van der Waals surface area contributed by atoms with Crippen LogP contribution in [0, 0.1) is 5.92 Å². The number of rotatable bonds is 4. The molecular formula is C17H15BrN6O2S. The maximum absolute atomic E-state index is 12.6. The first-order chi connectivity index (χ1) is 13.1. The van der Waals surface area contributed by atoms with E-state index in [9.17, 15) is 9.59 Å². The first kappa shape index (κ1) is 16.8. The summed E-state index contributed by atoms with van der Waals surface area (Å²) in [6.45, 7) is 0.301. The van der Waals surface area contributed by atoms with E-state index in [1.807, 2.05) is 18.2 Å². The minimum atomic E-state index is -0.437. The molecule has 138 valence electrons. The summed E-state index contributed by atoms with van der Waals surface area (Å²) < 4.78 is 0.929. The summed E-state index contributed by atoms with van der Waals surface area (Å²) in [5, 5.41) is 20.5. The summed E-state index contributed by atoms with van der Waals surface area (Å²) in [6.07, 6.45) is 2.44. The molecule has 1 aliphatic carbocycles. The maximum atomic E-state index is 12.6. The summed E-state index contributed by atoms with van der Waals surface area (Å²) in [5.74, 6) is 0.316. The molecule has 1 aliphatic heterocycles. The summed E-state index contributed by atoms with van der Waals surface area (Å²) >= 11 is 4.84. The zero-order valence-electron chi connectivity index (χ0n) is 14.1. The van der Waals surface area contributed by atoms with Crippen molar-refractivity contribution in [1.82, 2.24) is 20.4 Å². The van der Waals surface area contributed by atoms with E-state index in [0.717, 1.165) is 33.2 Å². The lowest BCUT2D eigenvalue weighted by atomic mass is 10.1. The fourth-order valence-corrected chi connectivity index (χ4v) is 4.54. The third kappa shape index (κ3) is 3.12. The molecule has 5 rings (SSSR count). The second-order valence-electron chi connectivity index (χ2n) is 6.85. The quantitative estimate of drug-likeness (QED) is 0.640. The van der Waals surface area contributed by atoms with Crippen LogP contribution in [0.25, 0.3) is 10.9 Å². The Hall–Kier alpha value is -2.33. The number of anilines is 2. The van der Waals surface area contributed by atoms with Crippen molar-refractivity contribution < 1.29 is 9.59 Å². The Balaban J connectivity index is 1.32. The van der Waals surface area contributed by atoms with Crippen LogP contribution in [0.2, 0.25) is 0 Å². The monoisotopic (exact) mass is 446 g/mol. The predicted octanol–water partition coefficient (Wildman–Crippen LogP) is 3.05. The molecule has 0 bridgehead atoms. The highest BCUT2D eigenvalue weighted by Crippen LogP contribution is 2.42. The number of H-pyrrole nitrogens is 1. The largest absolute Gasteiger partial charge is 0.300 e. The van der Waals surface area contributed by atoms with Gasteiger partial charge in [0, 0.05) is 28.7 Å². The molecule has 2 fully saturated rings. The average molecular weight is 447 g/mol. The van der Waals surface area contributed by atoms with E-state index in [-0.39, 0.29) is 18.2 Å². The van der Waals surface area contributed by atoms with Crippen molar-refractivity contribution in [1.29, 1.82) is 0 Å². The van der Waals surface area contributed by atoms with Gasteiger partial charge in [0.25, 0.3) is 0 Å². The molecule has 2 amide bonds. The number of hydrogen-bond donors (Lipinski definition) is 2. The predicted molar refractivity (Wildman–Crippen MR) is 105 cm³/mol. The molecule has 8 nitrogen and oxygen atoms in total. The number of carbonyl (C=O) groups is 2. The molecule has 2 N–H and O–H groups in total. The fourth-order valence-electron chi connectivity index (χ4n) is 3.26. The highest BCUT2D eigenvalue weighted by molar-refractivity contribution is 9.10. The molecule has 3 heterocycles. The highest BCUT2D eigenvalue weighted by atomic mass is 79.9. The number of aromatic amines is 1. The molecule has 1 atom stereocenters. The SMILES string of the molecule is O=C(Nc1nnc(C2CC2)s1)C1CC(=O)N(c2n[nH]c3cc(Br)ccc23)C1. The fraction of sp³-hybridized carbons (Fsp3) is 0.353. The van der Waals surface area contributed by atoms with Gasteiger partial charge in [0.05, 0.1) is 11.4 Å². The van der Waals surface area contributed by atoms with E-state index in [2.05, 4.69) is 41.6 Å². The standard InChI is InChI=1S/C17H15BrN6O2S/c18-10-3-4-11-12(6-10)20-21-14(11)24-7-9(5-13(24)25)15(26)19-17-23-22-16(27-17)8-1-2-8/h3-4,6,8-9H,1-2,5,7H2,(H,20,21)(H,19,23,26). The van der Waals surface area contributed by atoms with Crippen LogP contribution in [0.5, 0.6) is 0 Å². The van der Waals surface area contributed by atoms with E-state index in [4.69, 9.17) is 0 Å². The lowest BCUT2D eigenvalue weighted by molar-refractivity contribution is -0.122. The van der Waals surface area contributed by atoms with Gasteiger partial charge in [-0.25, -0.2) is 0 Å². The highest BCUT2D eigenvalue weighted by Gasteiger charge is 2.37. The Labute approximate surface area is 166 Å². The molecule has 2 aromatic heterocycles. The lowest BCUT2D eigenvalue weighted by Gasteiger charge is -2.13. The number of aromatic nitrogens is 4. The number of hydrogen-bond acceptors (Lipinski definition) is 6. The molecule has 10 heteroatoms. The molecule has 1 unspecified atom stereocenters.